The smallest absolute Gasteiger partial charge is 0.282 e. The van der Waals surface area contributed by atoms with Gasteiger partial charge in [0.25, 0.3) is 11.8 Å². The summed E-state index contributed by atoms with van der Waals surface area (Å²) in [7, 11) is 0. The maximum atomic E-state index is 14.4. The van der Waals surface area contributed by atoms with Gasteiger partial charge in [-0.3, -0.25) is 9.59 Å². The first-order valence-electron chi connectivity index (χ1n) is 9.50. The number of anilines is 1. The Morgan fingerprint density at radius 1 is 0.867 bits per heavy atom. The number of carbonyl (C=O) groups excluding carboxylic acids is 2. The van der Waals surface area contributed by atoms with E-state index in [1.165, 1.54) is 24.3 Å². The molecule has 4 rings (SSSR count). The summed E-state index contributed by atoms with van der Waals surface area (Å²) in [5.74, 6) is -3.81. The molecule has 0 bridgehead atoms. The van der Waals surface area contributed by atoms with E-state index in [9.17, 15) is 22.8 Å². The lowest BCUT2D eigenvalue weighted by molar-refractivity contribution is -0.121. The fraction of sp³-hybridized carbons (Fsp3) is 0.273. The SMILES string of the molecule is CC1CN(C2=C(c3ccc(F)cc3)C(=O)N(c3ccc(F)cc3F)C2=O)CC(C)O1. The molecule has 2 aliphatic heterocycles. The summed E-state index contributed by atoms with van der Waals surface area (Å²) in [5.41, 5.74) is 0.138. The van der Waals surface area contributed by atoms with Gasteiger partial charge in [-0.1, -0.05) is 12.1 Å². The molecule has 30 heavy (non-hydrogen) atoms. The van der Waals surface area contributed by atoms with Gasteiger partial charge in [-0.05, 0) is 43.7 Å². The van der Waals surface area contributed by atoms with Crippen molar-refractivity contribution in [1.82, 2.24) is 4.90 Å². The average molecular weight is 416 g/mol. The van der Waals surface area contributed by atoms with Crippen molar-refractivity contribution in [2.24, 2.45) is 0 Å². The van der Waals surface area contributed by atoms with E-state index in [2.05, 4.69) is 0 Å². The summed E-state index contributed by atoms with van der Waals surface area (Å²) < 4.78 is 47.0. The second-order valence-corrected chi connectivity index (χ2v) is 7.43. The van der Waals surface area contributed by atoms with Gasteiger partial charge < -0.3 is 9.64 Å². The van der Waals surface area contributed by atoms with Gasteiger partial charge in [0.1, 0.15) is 23.1 Å². The number of hydrogen-bond donors (Lipinski definition) is 0. The Morgan fingerprint density at radius 2 is 1.47 bits per heavy atom. The fourth-order valence-corrected chi connectivity index (χ4v) is 3.93. The zero-order chi connectivity index (χ0) is 21.6. The highest BCUT2D eigenvalue weighted by molar-refractivity contribution is 6.45. The van der Waals surface area contributed by atoms with Gasteiger partial charge in [0.2, 0.25) is 0 Å². The van der Waals surface area contributed by atoms with Crippen LogP contribution in [0.25, 0.3) is 5.57 Å². The molecule has 1 saturated heterocycles. The van der Waals surface area contributed by atoms with E-state index in [0.29, 0.717) is 29.6 Å². The minimum atomic E-state index is -1.03. The largest absolute Gasteiger partial charge is 0.372 e. The van der Waals surface area contributed by atoms with Crippen LogP contribution in [0.3, 0.4) is 0 Å². The van der Waals surface area contributed by atoms with E-state index in [4.69, 9.17) is 4.74 Å². The van der Waals surface area contributed by atoms with Gasteiger partial charge in [-0.25, -0.2) is 18.1 Å². The topological polar surface area (TPSA) is 49.9 Å². The zero-order valence-corrected chi connectivity index (χ0v) is 16.4. The van der Waals surface area contributed by atoms with Crippen LogP contribution in [0, 0.1) is 17.5 Å². The predicted molar refractivity (Wildman–Crippen MR) is 104 cm³/mol. The maximum Gasteiger partial charge on any atom is 0.282 e. The minimum Gasteiger partial charge on any atom is -0.372 e. The number of nitrogens with zero attached hydrogens (tertiary/aromatic N) is 2. The monoisotopic (exact) mass is 416 g/mol. The number of morpholine rings is 1. The molecule has 0 N–H and O–H groups in total. The van der Waals surface area contributed by atoms with Crippen LogP contribution in [0.4, 0.5) is 18.9 Å². The molecule has 2 unspecified atom stereocenters. The number of rotatable bonds is 3. The first-order chi connectivity index (χ1) is 14.3. The van der Waals surface area contributed by atoms with Gasteiger partial charge in [0.05, 0.1) is 23.5 Å². The molecule has 1 fully saturated rings. The summed E-state index contributed by atoms with van der Waals surface area (Å²) in [6, 6.07) is 7.81. The van der Waals surface area contributed by atoms with Gasteiger partial charge in [0.15, 0.2) is 0 Å². The lowest BCUT2D eigenvalue weighted by atomic mass is 10.0. The van der Waals surface area contributed by atoms with Gasteiger partial charge in [-0.2, -0.15) is 0 Å². The Balaban J connectivity index is 1.85. The number of ether oxygens (including phenoxy) is 1. The number of benzene rings is 2. The van der Waals surface area contributed by atoms with Crippen molar-refractivity contribution in [2.75, 3.05) is 18.0 Å². The maximum absolute atomic E-state index is 14.4. The quantitative estimate of drug-likeness (QED) is 0.719. The van der Waals surface area contributed by atoms with Crippen molar-refractivity contribution in [3.8, 4) is 0 Å². The van der Waals surface area contributed by atoms with Gasteiger partial charge >= 0.3 is 0 Å². The third-order valence-electron chi connectivity index (χ3n) is 5.08. The fourth-order valence-electron chi connectivity index (χ4n) is 3.93. The lowest BCUT2D eigenvalue weighted by Crippen LogP contribution is -2.47. The van der Waals surface area contributed by atoms with Crippen LogP contribution in [0.5, 0.6) is 0 Å². The van der Waals surface area contributed by atoms with E-state index in [1.807, 2.05) is 13.8 Å². The van der Waals surface area contributed by atoms with E-state index in [-0.39, 0.29) is 29.2 Å². The first kappa shape index (κ1) is 20.2. The second-order valence-electron chi connectivity index (χ2n) is 7.43. The molecule has 0 saturated carbocycles. The molecule has 2 aromatic rings. The van der Waals surface area contributed by atoms with Crippen LogP contribution >= 0.6 is 0 Å². The molecule has 156 valence electrons. The van der Waals surface area contributed by atoms with Crippen LogP contribution in [0.15, 0.2) is 48.2 Å². The number of imide groups is 1. The number of carbonyl (C=O) groups is 2. The molecule has 0 radical (unpaired) electrons. The molecule has 2 aromatic carbocycles. The second kappa shape index (κ2) is 7.60. The molecule has 0 aromatic heterocycles. The van der Waals surface area contributed by atoms with Crippen LogP contribution in [-0.4, -0.2) is 42.0 Å². The van der Waals surface area contributed by atoms with Crippen molar-refractivity contribution in [2.45, 2.75) is 26.1 Å². The molecular weight excluding hydrogens is 397 g/mol. The molecule has 2 atom stereocenters. The minimum absolute atomic E-state index is 0.0463. The van der Waals surface area contributed by atoms with E-state index in [1.54, 1.807) is 4.90 Å². The molecule has 2 aliphatic rings. The zero-order valence-electron chi connectivity index (χ0n) is 16.4. The summed E-state index contributed by atoms with van der Waals surface area (Å²) in [6.07, 6.45) is -0.398. The Kier molecular flexibility index (Phi) is 5.11. The molecule has 2 amide bonds. The van der Waals surface area contributed by atoms with Crippen LogP contribution in [-0.2, 0) is 14.3 Å². The first-order valence-corrected chi connectivity index (χ1v) is 9.50. The predicted octanol–water partition coefficient (Wildman–Crippen LogP) is 3.50. The van der Waals surface area contributed by atoms with Crippen LogP contribution in [0.2, 0.25) is 0 Å². The normalized spacial score (nSPS) is 22.3. The van der Waals surface area contributed by atoms with E-state index < -0.39 is 29.3 Å². The molecular formula is C22H19F3N2O3. The Bertz CT molecular complexity index is 1040. The Labute approximate surface area is 171 Å². The molecule has 5 nitrogen and oxygen atoms in total. The number of amides is 2. The van der Waals surface area contributed by atoms with Crippen molar-refractivity contribution in [1.29, 1.82) is 0 Å². The van der Waals surface area contributed by atoms with Crippen LogP contribution < -0.4 is 4.90 Å². The standard InChI is InChI=1S/C22H19F3N2O3/c1-12-10-26(11-13(2)30-12)20-19(14-3-5-15(23)6-4-14)21(28)27(22(20)29)18-8-7-16(24)9-17(18)25/h3-9,12-13H,10-11H2,1-2H3. The molecule has 8 heteroatoms. The van der Waals surface area contributed by atoms with Gasteiger partial charge in [0, 0.05) is 19.2 Å². The lowest BCUT2D eigenvalue weighted by Gasteiger charge is -2.37. The number of halogens is 3. The van der Waals surface area contributed by atoms with E-state index >= 15 is 0 Å². The Morgan fingerprint density at radius 3 is 2.07 bits per heavy atom. The number of hydrogen-bond acceptors (Lipinski definition) is 4. The van der Waals surface area contributed by atoms with Gasteiger partial charge in [-0.15, -0.1) is 0 Å². The Hall–Kier alpha value is -3.13. The van der Waals surface area contributed by atoms with E-state index in [0.717, 1.165) is 12.1 Å². The molecule has 2 heterocycles. The van der Waals surface area contributed by atoms with Crippen LogP contribution in [0.1, 0.15) is 19.4 Å². The third-order valence-corrected chi connectivity index (χ3v) is 5.08. The summed E-state index contributed by atoms with van der Waals surface area (Å²) in [4.78, 5) is 29.1. The third kappa shape index (κ3) is 3.47. The summed E-state index contributed by atoms with van der Waals surface area (Å²) >= 11 is 0. The molecule has 0 aliphatic carbocycles. The summed E-state index contributed by atoms with van der Waals surface area (Å²) in [6.45, 7) is 4.39. The van der Waals surface area contributed by atoms with Crippen molar-refractivity contribution in [3.63, 3.8) is 0 Å². The highest BCUT2D eigenvalue weighted by Crippen LogP contribution is 2.37. The van der Waals surface area contributed by atoms with Crippen molar-refractivity contribution >= 4 is 23.1 Å². The molecule has 0 spiro atoms. The van der Waals surface area contributed by atoms with Crippen molar-refractivity contribution < 1.29 is 27.5 Å². The highest BCUT2D eigenvalue weighted by Gasteiger charge is 2.44. The highest BCUT2D eigenvalue weighted by atomic mass is 19.1. The van der Waals surface area contributed by atoms with Crippen molar-refractivity contribution in [3.05, 3.63) is 71.2 Å². The summed E-state index contributed by atoms with van der Waals surface area (Å²) in [5, 5.41) is 0. The average Bonchev–Trinajstić information content (AvgIpc) is 2.92.